The fourth-order valence-corrected chi connectivity index (χ4v) is 5.10. The van der Waals surface area contributed by atoms with Crippen LogP contribution in [0.5, 0.6) is 17.2 Å². The average molecular weight is 487 g/mol. The minimum atomic E-state index is -4.11. The molecule has 3 rings (SSSR count). The molecule has 2 heterocycles. The number of methoxy groups -OCH3 is 3. The van der Waals surface area contributed by atoms with Gasteiger partial charge in [0, 0.05) is 5.38 Å². The van der Waals surface area contributed by atoms with E-state index in [0.29, 0.717) is 17.0 Å². The van der Waals surface area contributed by atoms with E-state index in [9.17, 15) is 13.2 Å². The van der Waals surface area contributed by atoms with Crippen LogP contribution in [0, 0.1) is 6.92 Å². The van der Waals surface area contributed by atoms with Crippen LogP contribution in [-0.2, 0) is 14.8 Å². The van der Waals surface area contributed by atoms with Gasteiger partial charge in [0.25, 0.3) is 10.0 Å². The molecule has 0 aliphatic rings. The smallest absolute Gasteiger partial charge is 0.264 e. The Labute approximate surface area is 187 Å². The number of sulfonamides is 1. The molecule has 12 heteroatoms. The van der Waals surface area contributed by atoms with Gasteiger partial charge in [-0.25, -0.2) is 13.1 Å². The molecule has 2 aromatic heterocycles. The number of amides is 1. The number of aromatic nitrogens is 1. The molecular weight excluding hydrogens is 468 g/mol. The van der Waals surface area contributed by atoms with Gasteiger partial charge in [-0.2, -0.15) is 11.3 Å². The Morgan fingerprint density at radius 2 is 1.84 bits per heavy atom. The molecule has 9 nitrogen and oxygen atoms in total. The van der Waals surface area contributed by atoms with E-state index in [0.717, 1.165) is 0 Å². The monoisotopic (exact) mass is 486 g/mol. The van der Waals surface area contributed by atoms with Crippen LogP contribution in [-0.4, -0.2) is 40.8 Å². The summed E-state index contributed by atoms with van der Waals surface area (Å²) in [5.74, 6) is -1.34. The van der Waals surface area contributed by atoms with Crippen molar-refractivity contribution in [2.24, 2.45) is 0 Å². The maximum Gasteiger partial charge on any atom is 0.264 e. The van der Waals surface area contributed by atoms with Crippen LogP contribution in [0.3, 0.4) is 0 Å². The number of benzene rings is 1. The Bertz CT molecular complexity index is 1170. The minimum Gasteiger partial charge on any atom is -0.493 e. The van der Waals surface area contributed by atoms with E-state index < -0.39 is 21.8 Å². The third-order valence-corrected chi connectivity index (χ3v) is 7.04. The summed E-state index contributed by atoms with van der Waals surface area (Å²) in [6, 6.07) is 4.41. The van der Waals surface area contributed by atoms with Gasteiger partial charge < -0.3 is 18.7 Å². The molecule has 1 N–H and O–H groups in total. The zero-order chi connectivity index (χ0) is 22.8. The molecule has 31 heavy (non-hydrogen) atoms. The van der Waals surface area contributed by atoms with Gasteiger partial charge in [-0.05, 0) is 36.1 Å². The van der Waals surface area contributed by atoms with E-state index >= 15 is 0 Å². The SMILES string of the molecule is COc1cc(C(C(=O)NS(=O)(=O)c2ccsc2)c2onc(C)c2Cl)cc(OC)c1OC. The molecule has 0 saturated heterocycles. The van der Waals surface area contributed by atoms with Gasteiger partial charge in [-0.1, -0.05) is 16.8 Å². The van der Waals surface area contributed by atoms with Gasteiger partial charge in [0.1, 0.15) is 10.9 Å². The summed E-state index contributed by atoms with van der Waals surface area (Å²) in [6.07, 6.45) is 0. The largest absolute Gasteiger partial charge is 0.493 e. The van der Waals surface area contributed by atoms with Crippen molar-refractivity contribution in [3.8, 4) is 17.2 Å². The number of carbonyl (C=O) groups excluding carboxylic acids is 1. The summed E-state index contributed by atoms with van der Waals surface area (Å²) in [5, 5.41) is 6.89. The molecule has 0 radical (unpaired) electrons. The molecule has 0 bridgehead atoms. The lowest BCUT2D eigenvalue weighted by Crippen LogP contribution is -2.35. The second-order valence-corrected chi connectivity index (χ2v) is 9.11. The van der Waals surface area contributed by atoms with Crippen LogP contribution in [0.25, 0.3) is 0 Å². The predicted molar refractivity (Wildman–Crippen MR) is 114 cm³/mol. The second-order valence-electron chi connectivity index (χ2n) is 6.27. The highest BCUT2D eigenvalue weighted by atomic mass is 35.5. The standard InChI is InChI=1S/C19H19ClN2O7S2/c1-10-16(20)18(29-21-10)15(19(23)22-31(24,25)12-5-6-30-9-12)11-7-13(26-2)17(28-4)14(8-11)27-3/h5-9,15H,1-4H3,(H,22,23). The Kier molecular flexibility index (Phi) is 6.77. The van der Waals surface area contributed by atoms with Crippen molar-refractivity contribution in [3.05, 3.63) is 51.0 Å². The van der Waals surface area contributed by atoms with Crippen LogP contribution < -0.4 is 18.9 Å². The zero-order valence-electron chi connectivity index (χ0n) is 17.0. The van der Waals surface area contributed by atoms with E-state index in [1.165, 1.54) is 56.2 Å². The van der Waals surface area contributed by atoms with Crippen molar-refractivity contribution in [1.82, 2.24) is 9.88 Å². The summed E-state index contributed by atoms with van der Waals surface area (Å²) < 4.78 is 48.6. The van der Waals surface area contributed by atoms with Gasteiger partial charge in [0.15, 0.2) is 17.3 Å². The number of hydrogen-bond acceptors (Lipinski definition) is 9. The van der Waals surface area contributed by atoms with Crippen LogP contribution in [0.15, 0.2) is 38.4 Å². The van der Waals surface area contributed by atoms with Gasteiger partial charge in [-0.3, -0.25) is 4.79 Å². The molecule has 0 aliphatic heterocycles. The summed E-state index contributed by atoms with van der Waals surface area (Å²) >= 11 is 7.49. The first-order valence-corrected chi connectivity index (χ1v) is 11.5. The highest BCUT2D eigenvalue weighted by Gasteiger charge is 2.34. The number of halogens is 1. The number of rotatable bonds is 8. The highest BCUT2D eigenvalue weighted by molar-refractivity contribution is 7.90. The lowest BCUT2D eigenvalue weighted by molar-refractivity contribution is -0.120. The fraction of sp³-hybridized carbons (Fsp3) is 0.263. The van der Waals surface area contributed by atoms with Crippen molar-refractivity contribution >= 4 is 38.9 Å². The average Bonchev–Trinajstić information content (AvgIpc) is 3.39. The van der Waals surface area contributed by atoms with Crippen LogP contribution in [0.1, 0.15) is 22.9 Å². The molecule has 1 aromatic carbocycles. The van der Waals surface area contributed by atoms with Crippen molar-refractivity contribution in [2.45, 2.75) is 17.7 Å². The van der Waals surface area contributed by atoms with E-state index in [1.807, 2.05) is 0 Å². The fourth-order valence-electron chi connectivity index (χ4n) is 2.90. The molecule has 0 spiro atoms. The number of thiophene rings is 1. The Morgan fingerprint density at radius 1 is 1.19 bits per heavy atom. The predicted octanol–water partition coefficient (Wildman–Crippen LogP) is 3.36. The number of nitrogens with zero attached hydrogens (tertiary/aromatic N) is 1. The van der Waals surface area contributed by atoms with Gasteiger partial charge >= 0.3 is 0 Å². The van der Waals surface area contributed by atoms with E-state index in [1.54, 1.807) is 12.3 Å². The number of aryl methyl sites for hydroxylation is 1. The van der Waals surface area contributed by atoms with Crippen LogP contribution >= 0.6 is 22.9 Å². The van der Waals surface area contributed by atoms with Gasteiger partial charge in [0.2, 0.25) is 11.7 Å². The lowest BCUT2D eigenvalue weighted by Gasteiger charge is -2.19. The Hall–Kier alpha value is -2.76. The van der Waals surface area contributed by atoms with Crippen molar-refractivity contribution in [3.63, 3.8) is 0 Å². The van der Waals surface area contributed by atoms with Crippen molar-refractivity contribution in [1.29, 1.82) is 0 Å². The number of nitrogens with one attached hydrogen (secondary N) is 1. The van der Waals surface area contributed by atoms with Crippen LogP contribution in [0.4, 0.5) is 0 Å². The molecule has 1 atom stereocenters. The van der Waals surface area contributed by atoms with Crippen molar-refractivity contribution in [2.75, 3.05) is 21.3 Å². The first-order valence-electron chi connectivity index (χ1n) is 8.73. The number of carbonyl (C=O) groups is 1. The van der Waals surface area contributed by atoms with Gasteiger partial charge in [0.05, 0.1) is 31.9 Å². The van der Waals surface area contributed by atoms with Crippen molar-refractivity contribution < 1.29 is 31.9 Å². The minimum absolute atomic E-state index is 0.0218. The number of ether oxygens (including phenoxy) is 3. The van der Waals surface area contributed by atoms with E-state index in [4.69, 9.17) is 30.3 Å². The zero-order valence-corrected chi connectivity index (χ0v) is 19.4. The molecule has 166 valence electrons. The Morgan fingerprint density at radius 3 is 2.29 bits per heavy atom. The topological polar surface area (TPSA) is 117 Å². The highest BCUT2D eigenvalue weighted by Crippen LogP contribution is 2.42. The Balaban J connectivity index is 2.14. The summed E-state index contributed by atoms with van der Waals surface area (Å²) in [5.41, 5.74) is 0.646. The van der Waals surface area contributed by atoms with E-state index in [-0.39, 0.29) is 27.2 Å². The number of hydrogen-bond donors (Lipinski definition) is 1. The molecule has 0 aliphatic carbocycles. The maximum atomic E-state index is 13.2. The third-order valence-electron chi connectivity index (χ3n) is 4.40. The van der Waals surface area contributed by atoms with Crippen LogP contribution in [0.2, 0.25) is 5.02 Å². The molecule has 1 unspecified atom stereocenters. The first-order chi connectivity index (χ1) is 14.7. The third kappa shape index (κ3) is 4.48. The summed E-state index contributed by atoms with van der Waals surface area (Å²) in [4.78, 5) is 13.2. The molecule has 3 aromatic rings. The molecule has 1 amide bonds. The summed E-state index contributed by atoms with van der Waals surface area (Å²) in [7, 11) is 0.169. The molecule has 0 saturated carbocycles. The van der Waals surface area contributed by atoms with E-state index in [2.05, 4.69) is 9.88 Å². The maximum absolute atomic E-state index is 13.2. The first kappa shape index (κ1) is 22.9. The second kappa shape index (κ2) is 9.16. The molecule has 0 fully saturated rings. The quantitative estimate of drug-likeness (QED) is 0.515. The molecular formula is C19H19ClN2O7S2. The normalized spacial score (nSPS) is 12.3. The van der Waals surface area contributed by atoms with Gasteiger partial charge in [-0.15, -0.1) is 0 Å². The summed E-state index contributed by atoms with van der Waals surface area (Å²) in [6.45, 7) is 1.60. The lowest BCUT2D eigenvalue weighted by atomic mass is 9.94.